The fourth-order valence-corrected chi connectivity index (χ4v) is 2.98. The number of nitriles is 1. The number of thiophene rings is 1. The number of nitrogens with one attached hydrogen (secondary N) is 1. The van der Waals surface area contributed by atoms with Crippen molar-refractivity contribution in [3.63, 3.8) is 0 Å². The van der Waals surface area contributed by atoms with Gasteiger partial charge in [0.25, 0.3) is 0 Å². The highest BCUT2D eigenvalue weighted by Crippen LogP contribution is 2.42. The Labute approximate surface area is 128 Å². The molecule has 0 atom stereocenters. The van der Waals surface area contributed by atoms with Crippen LogP contribution in [0.3, 0.4) is 0 Å². The molecular formula is C13H11BrFN3OS. The molecule has 0 radical (unpaired) electrons. The Bertz CT molecular complexity index is 681. The lowest BCUT2D eigenvalue weighted by Crippen LogP contribution is -2.02. The lowest BCUT2D eigenvalue weighted by atomic mass is 10.2. The topological polar surface area (TPSA) is 71.1 Å². The van der Waals surface area contributed by atoms with Gasteiger partial charge >= 0.3 is 0 Å². The van der Waals surface area contributed by atoms with E-state index in [1.165, 1.54) is 24.5 Å². The number of ether oxygens (including phenoxy) is 1. The number of nitrogens with zero attached hydrogens (tertiary/aromatic N) is 1. The van der Waals surface area contributed by atoms with E-state index in [1.54, 1.807) is 12.1 Å². The molecule has 104 valence electrons. The third-order valence-corrected chi connectivity index (χ3v) is 4.19. The highest BCUT2D eigenvalue weighted by molar-refractivity contribution is 9.10. The maximum atomic E-state index is 13.6. The van der Waals surface area contributed by atoms with Crippen LogP contribution >= 0.6 is 27.3 Å². The van der Waals surface area contributed by atoms with Crippen molar-refractivity contribution < 1.29 is 9.13 Å². The van der Waals surface area contributed by atoms with Crippen molar-refractivity contribution in [2.75, 3.05) is 18.2 Å². The van der Waals surface area contributed by atoms with Crippen molar-refractivity contribution in [3.05, 3.63) is 38.9 Å². The fourth-order valence-electron chi connectivity index (χ4n) is 1.69. The second-order valence-corrected chi connectivity index (χ2v) is 5.84. The van der Waals surface area contributed by atoms with Gasteiger partial charge in [0, 0.05) is 16.6 Å². The number of anilines is 2. The molecule has 0 unspecified atom stereocenters. The van der Waals surface area contributed by atoms with Gasteiger partial charge in [0.15, 0.2) is 5.75 Å². The third-order valence-electron chi connectivity index (χ3n) is 2.65. The fraction of sp³-hybridized carbons (Fsp3) is 0.154. The van der Waals surface area contributed by atoms with Crippen molar-refractivity contribution in [1.29, 1.82) is 5.26 Å². The molecule has 0 aliphatic carbocycles. The summed E-state index contributed by atoms with van der Waals surface area (Å²) in [5.41, 5.74) is 6.60. The molecule has 3 N–H and O–H groups in total. The van der Waals surface area contributed by atoms with E-state index < -0.39 is 0 Å². The van der Waals surface area contributed by atoms with Crippen LogP contribution in [0.25, 0.3) is 0 Å². The number of hydrogen-bond acceptors (Lipinski definition) is 5. The average molecular weight is 356 g/mol. The Morgan fingerprint density at radius 1 is 1.55 bits per heavy atom. The lowest BCUT2D eigenvalue weighted by Gasteiger charge is -2.08. The van der Waals surface area contributed by atoms with E-state index in [1.807, 2.05) is 6.07 Å². The predicted octanol–water partition coefficient (Wildman–Crippen LogP) is 3.72. The molecular weight excluding hydrogens is 345 g/mol. The molecule has 2 aromatic rings. The van der Waals surface area contributed by atoms with Gasteiger partial charge in [-0.1, -0.05) is 15.9 Å². The summed E-state index contributed by atoms with van der Waals surface area (Å²) in [6.45, 7) is 0.270. The van der Waals surface area contributed by atoms with E-state index in [2.05, 4.69) is 21.2 Å². The Hall–Kier alpha value is -1.78. The maximum absolute atomic E-state index is 13.6. The van der Waals surface area contributed by atoms with E-state index in [0.29, 0.717) is 26.9 Å². The maximum Gasteiger partial charge on any atom is 0.177 e. The Balaban J connectivity index is 2.23. The molecule has 0 fully saturated rings. The molecule has 4 nitrogen and oxygen atoms in total. The van der Waals surface area contributed by atoms with Gasteiger partial charge in [-0.15, -0.1) is 11.3 Å². The second kappa shape index (κ2) is 6.11. The van der Waals surface area contributed by atoms with Gasteiger partial charge in [0.05, 0.1) is 7.11 Å². The van der Waals surface area contributed by atoms with Crippen LogP contribution < -0.4 is 15.8 Å². The molecule has 0 bridgehead atoms. The Morgan fingerprint density at radius 3 is 2.95 bits per heavy atom. The molecule has 0 amide bonds. The number of nitrogen functional groups attached to an aromatic ring is 1. The van der Waals surface area contributed by atoms with Crippen molar-refractivity contribution in [3.8, 4) is 11.8 Å². The van der Waals surface area contributed by atoms with Crippen molar-refractivity contribution in [2.24, 2.45) is 0 Å². The van der Waals surface area contributed by atoms with Gasteiger partial charge in [-0.25, -0.2) is 4.39 Å². The molecule has 0 aliphatic rings. The summed E-state index contributed by atoms with van der Waals surface area (Å²) in [6, 6.07) is 6.72. The van der Waals surface area contributed by atoms with Gasteiger partial charge < -0.3 is 15.8 Å². The van der Waals surface area contributed by atoms with Crippen molar-refractivity contribution in [1.82, 2.24) is 0 Å². The molecule has 1 heterocycles. The second-order valence-electron chi connectivity index (χ2n) is 3.91. The largest absolute Gasteiger partial charge is 0.492 e. The minimum absolute atomic E-state index is 0.270. The SMILES string of the molecule is COc1c(NCc2cc(Br)ccc2F)sc(C#N)c1N. The van der Waals surface area contributed by atoms with Crippen LogP contribution in [-0.2, 0) is 6.54 Å². The first-order valence-electron chi connectivity index (χ1n) is 5.61. The molecule has 2 rings (SSSR count). The smallest absolute Gasteiger partial charge is 0.177 e. The van der Waals surface area contributed by atoms with E-state index >= 15 is 0 Å². The van der Waals surface area contributed by atoms with Crippen LogP contribution in [0.1, 0.15) is 10.4 Å². The van der Waals surface area contributed by atoms with Crippen molar-refractivity contribution >= 4 is 38.0 Å². The normalized spacial score (nSPS) is 10.1. The summed E-state index contributed by atoms with van der Waals surface area (Å²) in [7, 11) is 1.48. The first-order chi connectivity index (χ1) is 9.56. The number of halogens is 2. The summed E-state index contributed by atoms with van der Waals surface area (Å²) in [4.78, 5) is 0.374. The van der Waals surface area contributed by atoms with Crippen LogP contribution in [-0.4, -0.2) is 7.11 Å². The lowest BCUT2D eigenvalue weighted by molar-refractivity contribution is 0.420. The van der Waals surface area contributed by atoms with Gasteiger partial charge in [-0.05, 0) is 18.2 Å². The quantitative estimate of drug-likeness (QED) is 0.876. The first-order valence-corrected chi connectivity index (χ1v) is 7.22. The van der Waals surface area contributed by atoms with E-state index in [0.717, 1.165) is 4.47 Å². The summed E-state index contributed by atoms with van der Waals surface area (Å²) in [5.74, 6) is 0.117. The minimum atomic E-state index is -0.301. The van der Waals surface area contributed by atoms with Crippen LogP contribution in [0.5, 0.6) is 5.75 Å². The number of nitrogens with two attached hydrogens (primary N) is 1. The zero-order valence-electron chi connectivity index (χ0n) is 10.5. The number of methoxy groups -OCH3 is 1. The molecule has 1 aromatic heterocycles. The zero-order valence-corrected chi connectivity index (χ0v) is 12.9. The molecule has 20 heavy (non-hydrogen) atoms. The van der Waals surface area contributed by atoms with Gasteiger partial charge in [0.2, 0.25) is 0 Å². The molecule has 0 spiro atoms. The van der Waals surface area contributed by atoms with E-state index in [9.17, 15) is 4.39 Å². The Kier molecular flexibility index (Phi) is 4.47. The van der Waals surface area contributed by atoms with Crippen LogP contribution in [0, 0.1) is 17.1 Å². The van der Waals surface area contributed by atoms with Gasteiger partial charge in [-0.3, -0.25) is 0 Å². The summed E-state index contributed by atoms with van der Waals surface area (Å²) in [5, 5.41) is 12.6. The number of hydrogen-bond donors (Lipinski definition) is 2. The molecule has 0 saturated heterocycles. The summed E-state index contributed by atoms with van der Waals surface area (Å²) >= 11 is 4.48. The minimum Gasteiger partial charge on any atom is -0.492 e. The van der Waals surface area contributed by atoms with E-state index in [-0.39, 0.29) is 12.4 Å². The van der Waals surface area contributed by atoms with Crippen LogP contribution in [0.2, 0.25) is 0 Å². The highest BCUT2D eigenvalue weighted by atomic mass is 79.9. The highest BCUT2D eigenvalue weighted by Gasteiger charge is 2.16. The number of rotatable bonds is 4. The molecule has 0 aliphatic heterocycles. The zero-order chi connectivity index (χ0) is 14.7. The standard InChI is InChI=1S/C13H11BrFN3OS/c1-19-12-11(17)10(5-16)20-13(12)18-6-7-4-8(14)2-3-9(7)15/h2-4,18H,6,17H2,1H3. The predicted molar refractivity (Wildman–Crippen MR) is 81.4 cm³/mol. The molecule has 0 saturated carbocycles. The summed E-state index contributed by atoms with van der Waals surface area (Å²) < 4.78 is 19.6. The first kappa shape index (κ1) is 14.6. The van der Waals surface area contributed by atoms with E-state index in [4.69, 9.17) is 15.7 Å². The Morgan fingerprint density at radius 2 is 2.30 bits per heavy atom. The van der Waals surface area contributed by atoms with Crippen LogP contribution in [0.4, 0.5) is 15.1 Å². The molecule has 1 aromatic carbocycles. The van der Waals surface area contributed by atoms with Crippen LogP contribution in [0.15, 0.2) is 22.7 Å². The van der Waals surface area contributed by atoms with Gasteiger partial charge in [-0.2, -0.15) is 5.26 Å². The number of benzene rings is 1. The monoisotopic (exact) mass is 355 g/mol. The summed E-state index contributed by atoms with van der Waals surface area (Å²) in [6.07, 6.45) is 0. The van der Waals surface area contributed by atoms with Crippen molar-refractivity contribution in [2.45, 2.75) is 6.54 Å². The average Bonchev–Trinajstić information content (AvgIpc) is 2.75. The third kappa shape index (κ3) is 2.86. The van der Waals surface area contributed by atoms with Gasteiger partial charge in [0.1, 0.15) is 27.5 Å². The molecule has 7 heteroatoms.